The summed E-state index contributed by atoms with van der Waals surface area (Å²) in [5.74, 6) is 0. The van der Waals surface area contributed by atoms with E-state index in [0.717, 1.165) is 23.8 Å². The molecule has 0 aliphatic heterocycles. The molecule has 0 aromatic heterocycles. The molecule has 1 atom stereocenters. The van der Waals surface area contributed by atoms with Crippen molar-refractivity contribution in [3.8, 4) is 0 Å². The lowest BCUT2D eigenvalue weighted by Gasteiger charge is -2.16. The van der Waals surface area contributed by atoms with Gasteiger partial charge in [0.2, 0.25) is 10.0 Å². The molecule has 0 spiro atoms. The second-order valence-electron chi connectivity index (χ2n) is 6.22. The van der Waals surface area contributed by atoms with Crippen LogP contribution in [0.4, 0.5) is 10.5 Å². The van der Waals surface area contributed by atoms with E-state index < -0.39 is 10.0 Å². The summed E-state index contributed by atoms with van der Waals surface area (Å²) in [6, 6.07) is 14.7. The lowest BCUT2D eigenvalue weighted by Crippen LogP contribution is -2.36. The standard InChI is InChI=1S/C19H25N3O3S/c1-4-15-8-10-17(11-9-15)14(2)21-19(23)20-13-16-6-5-7-18(12-16)22-26(3,24)25/h5-12,14,22H,4,13H2,1-3H3,(H2,20,21,23). The summed E-state index contributed by atoms with van der Waals surface area (Å²) < 4.78 is 25.0. The third-order valence-electron chi connectivity index (χ3n) is 3.92. The predicted molar refractivity (Wildman–Crippen MR) is 105 cm³/mol. The average Bonchev–Trinajstić information content (AvgIpc) is 2.59. The molecule has 0 fully saturated rings. The van der Waals surface area contributed by atoms with Gasteiger partial charge in [0, 0.05) is 12.2 Å². The van der Waals surface area contributed by atoms with Gasteiger partial charge in [-0.1, -0.05) is 43.3 Å². The molecule has 26 heavy (non-hydrogen) atoms. The van der Waals surface area contributed by atoms with Gasteiger partial charge in [-0.2, -0.15) is 0 Å². The van der Waals surface area contributed by atoms with Crippen LogP contribution in [0, 0.1) is 0 Å². The molecule has 2 amide bonds. The molecule has 6 nitrogen and oxygen atoms in total. The maximum absolute atomic E-state index is 12.1. The van der Waals surface area contributed by atoms with Gasteiger partial charge in [-0.05, 0) is 42.2 Å². The zero-order valence-electron chi connectivity index (χ0n) is 15.2. The number of carbonyl (C=O) groups excluding carboxylic acids is 1. The number of hydrogen-bond acceptors (Lipinski definition) is 3. The van der Waals surface area contributed by atoms with Crippen molar-refractivity contribution in [2.24, 2.45) is 0 Å². The van der Waals surface area contributed by atoms with E-state index in [1.54, 1.807) is 18.2 Å². The highest BCUT2D eigenvalue weighted by Crippen LogP contribution is 2.14. The summed E-state index contributed by atoms with van der Waals surface area (Å²) in [6.07, 6.45) is 2.08. The molecule has 0 aliphatic rings. The average molecular weight is 375 g/mol. The molecule has 0 saturated heterocycles. The molecule has 0 heterocycles. The molecule has 2 aromatic rings. The molecule has 7 heteroatoms. The van der Waals surface area contributed by atoms with E-state index in [4.69, 9.17) is 0 Å². The van der Waals surface area contributed by atoms with E-state index in [-0.39, 0.29) is 12.1 Å². The van der Waals surface area contributed by atoms with Gasteiger partial charge in [0.1, 0.15) is 0 Å². The number of nitrogens with one attached hydrogen (secondary N) is 3. The van der Waals surface area contributed by atoms with Gasteiger partial charge < -0.3 is 10.6 Å². The van der Waals surface area contributed by atoms with Crippen LogP contribution < -0.4 is 15.4 Å². The van der Waals surface area contributed by atoms with Crippen LogP contribution in [0.25, 0.3) is 0 Å². The smallest absolute Gasteiger partial charge is 0.315 e. The van der Waals surface area contributed by atoms with E-state index in [1.807, 2.05) is 25.1 Å². The Balaban J connectivity index is 1.89. The van der Waals surface area contributed by atoms with Crippen LogP contribution in [0.3, 0.4) is 0 Å². The van der Waals surface area contributed by atoms with Crippen molar-refractivity contribution in [2.45, 2.75) is 32.9 Å². The first-order valence-electron chi connectivity index (χ1n) is 8.47. The molecule has 2 aromatic carbocycles. The summed E-state index contributed by atoms with van der Waals surface area (Å²) in [5, 5.41) is 5.68. The first-order chi connectivity index (χ1) is 12.3. The summed E-state index contributed by atoms with van der Waals surface area (Å²) in [6.45, 7) is 4.33. The zero-order chi connectivity index (χ0) is 19.2. The van der Waals surface area contributed by atoms with Gasteiger partial charge in [0.05, 0.1) is 12.3 Å². The third kappa shape index (κ3) is 6.40. The Morgan fingerprint density at radius 2 is 1.77 bits per heavy atom. The maximum Gasteiger partial charge on any atom is 0.315 e. The van der Waals surface area contributed by atoms with E-state index in [2.05, 4.69) is 34.4 Å². The van der Waals surface area contributed by atoms with E-state index >= 15 is 0 Å². The molecule has 1 unspecified atom stereocenters. The molecule has 3 N–H and O–H groups in total. The number of sulfonamides is 1. The largest absolute Gasteiger partial charge is 0.334 e. The minimum Gasteiger partial charge on any atom is -0.334 e. The van der Waals surface area contributed by atoms with Gasteiger partial charge in [0.25, 0.3) is 0 Å². The summed E-state index contributed by atoms with van der Waals surface area (Å²) in [7, 11) is -3.33. The number of urea groups is 1. The third-order valence-corrected chi connectivity index (χ3v) is 4.53. The van der Waals surface area contributed by atoms with Gasteiger partial charge in [-0.15, -0.1) is 0 Å². The van der Waals surface area contributed by atoms with Crippen molar-refractivity contribution in [1.82, 2.24) is 10.6 Å². The Labute approximate surface area is 155 Å². The fourth-order valence-corrected chi connectivity index (χ4v) is 3.07. The Morgan fingerprint density at radius 1 is 1.08 bits per heavy atom. The Morgan fingerprint density at radius 3 is 2.38 bits per heavy atom. The fourth-order valence-electron chi connectivity index (χ4n) is 2.51. The number of hydrogen-bond donors (Lipinski definition) is 3. The van der Waals surface area contributed by atoms with E-state index in [0.29, 0.717) is 12.2 Å². The quantitative estimate of drug-likeness (QED) is 0.694. The highest BCUT2D eigenvalue weighted by atomic mass is 32.2. The molecule has 0 saturated carbocycles. The summed E-state index contributed by atoms with van der Waals surface area (Å²) >= 11 is 0. The van der Waals surface area contributed by atoms with Crippen molar-refractivity contribution in [3.05, 3.63) is 65.2 Å². The molecular weight excluding hydrogens is 350 g/mol. The van der Waals surface area contributed by atoms with Crippen LogP contribution in [-0.2, 0) is 23.0 Å². The maximum atomic E-state index is 12.1. The lowest BCUT2D eigenvalue weighted by molar-refractivity contribution is 0.237. The van der Waals surface area contributed by atoms with E-state index in [1.165, 1.54) is 5.56 Å². The van der Waals surface area contributed by atoms with Crippen LogP contribution in [0.2, 0.25) is 0 Å². The van der Waals surface area contributed by atoms with Crippen LogP contribution in [0.1, 0.15) is 36.6 Å². The lowest BCUT2D eigenvalue weighted by atomic mass is 10.1. The van der Waals surface area contributed by atoms with Crippen LogP contribution >= 0.6 is 0 Å². The molecule has 0 radical (unpaired) electrons. The Hall–Kier alpha value is -2.54. The highest BCUT2D eigenvalue weighted by Gasteiger charge is 2.09. The van der Waals surface area contributed by atoms with Crippen molar-refractivity contribution < 1.29 is 13.2 Å². The minimum absolute atomic E-state index is 0.112. The molecule has 2 rings (SSSR count). The van der Waals surface area contributed by atoms with Gasteiger partial charge in [-0.3, -0.25) is 4.72 Å². The van der Waals surface area contributed by atoms with Gasteiger partial charge in [0.15, 0.2) is 0 Å². The van der Waals surface area contributed by atoms with Crippen molar-refractivity contribution in [2.75, 3.05) is 11.0 Å². The number of rotatable bonds is 7. The van der Waals surface area contributed by atoms with Gasteiger partial charge in [-0.25, -0.2) is 13.2 Å². The Kier molecular flexibility index (Phi) is 6.63. The number of anilines is 1. The van der Waals surface area contributed by atoms with Crippen LogP contribution in [-0.4, -0.2) is 20.7 Å². The summed E-state index contributed by atoms with van der Waals surface area (Å²) in [5.41, 5.74) is 3.56. The number of benzene rings is 2. The monoisotopic (exact) mass is 375 g/mol. The second-order valence-corrected chi connectivity index (χ2v) is 7.97. The second kappa shape index (κ2) is 8.71. The summed E-state index contributed by atoms with van der Waals surface area (Å²) in [4.78, 5) is 12.1. The Bertz CT molecular complexity index is 849. The predicted octanol–water partition coefficient (Wildman–Crippen LogP) is 3.18. The number of aryl methyl sites for hydroxylation is 1. The molecular formula is C19H25N3O3S. The SMILES string of the molecule is CCc1ccc(C(C)NC(=O)NCc2cccc(NS(C)(=O)=O)c2)cc1. The first-order valence-corrected chi connectivity index (χ1v) is 10.4. The van der Waals surface area contributed by atoms with Crippen LogP contribution in [0.15, 0.2) is 48.5 Å². The van der Waals surface area contributed by atoms with E-state index in [9.17, 15) is 13.2 Å². The van der Waals surface area contributed by atoms with Crippen LogP contribution in [0.5, 0.6) is 0 Å². The minimum atomic E-state index is -3.33. The molecule has 0 aliphatic carbocycles. The molecule has 0 bridgehead atoms. The normalized spacial score (nSPS) is 12.3. The van der Waals surface area contributed by atoms with Crippen molar-refractivity contribution in [3.63, 3.8) is 0 Å². The fraction of sp³-hybridized carbons (Fsp3) is 0.316. The van der Waals surface area contributed by atoms with Gasteiger partial charge >= 0.3 is 6.03 Å². The zero-order valence-corrected chi connectivity index (χ0v) is 16.1. The topological polar surface area (TPSA) is 87.3 Å². The van der Waals surface area contributed by atoms with Crippen molar-refractivity contribution in [1.29, 1.82) is 0 Å². The van der Waals surface area contributed by atoms with Crippen molar-refractivity contribution >= 4 is 21.7 Å². The first kappa shape index (κ1) is 19.8. The number of carbonyl (C=O) groups is 1. The number of amides is 2. The molecule has 140 valence electrons. The highest BCUT2D eigenvalue weighted by molar-refractivity contribution is 7.92.